The second kappa shape index (κ2) is 9.41. The smallest absolute Gasteiger partial charge is 0.298 e. The fourth-order valence-corrected chi connectivity index (χ4v) is 3.13. The van der Waals surface area contributed by atoms with E-state index in [4.69, 9.17) is 9.84 Å². The number of alkyl halides is 2. The van der Waals surface area contributed by atoms with E-state index < -0.39 is 47.2 Å². The second-order valence-corrected chi connectivity index (χ2v) is 7.03. The minimum absolute atomic E-state index is 0.139. The van der Waals surface area contributed by atoms with Gasteiger partial charge >= 0.3 is 0 Å². The first-order valence-corrected chi connectivity index (χ1v) is 9.62. The Kier molecular flexibility index (Phi) is 6.82. The lowest BCUT2D eigenvalue weighted by Gasteiger charge is -2.20. The molecule has 0 saturated carbocycles. The second-order valence-electron chi connectivity index (χ2n) is 7.03. The van der Waals surface area contributed by atoms with Crippen LogP contribution in [0.4, 0.5) is 17.6 Å². The molecule has 0 aliphatic heterocycles. The quantitative estimate of drug-likeness (QED) is 0.523. The maximum Gasteiger partial charge on any atom is 0.298 e. The van der Waals surface area contributed by atoms with Crippen molar-refractivity contribution in [1.29, 1.82) is 0 Å². The van der Waals surface area contributed by atoms with Gasteiger partial charge in [-0.1, -0.05) is 18.2 Å². The molecule has 2 N–H and O–H groups in total. The highest BCUT2D eigenvalue weighted by Crippen LogP contribution is 2.32. The molecular formula is C22H19F4N3O4. The number of aliphatic hydroxyl groups excluding tert-OH is 1. The fourth-order valence-electron chi connectivity index (χ4n) is 3.13. The predicted octanol–water partition coefficient (Wildman–Crippen LogP) is 3.09. The maximum atomic E-state index is 14.7. The van der Waals surface area contributed by atoms with Crippen LogP contribution in [0.15, 0.2) is 53.3 Å². The van der Waals surface area contributed by atoms with Crippen LogP contribution in [0.25, 0.3) is 5.69 Å². The summed E-state index contributed by atoms with van der Waals surface area (Å²) in [5, 5.41) is 15.1. The molecule has 0 fully saturated rings. The molecule has 0 unspecified atom stereocenters. The molecular weight excluding hydrogens is 446 g/mol. The lowest BCUT2D eigenvalue weighted by Crippen LogP contribution is -2.31. The molecule has 0 aliphatic rings. The molecule has 3 rings (SSSR count). The van der Waals surface area contributed by atoms with Gasteiger partial charge in [-0.15, -0.1) is 0 Å². The van der Waals surface area contributed by atoms with Gasteiger partial charge in [0.05, 0.1) is 18.7 Å². The number of aromatic nitrogens is 2. The lowest BCUT2D eigenvalue weighted by atomic mass is 10.0. The SMILES string of the molecule is COc1cccc(-n2nc(C(=O)N[C@H](C)c3cccc(C(F)(F)CO)c3F)ccc2=O)c1F. The molecule has 1 aromatic heterocycles. The minimum atomic E-state index is -3.80. The molecule has 3 aromatic rings. The molecule has 174 valence electrons. The minimum Gasteiger partial charge on any atom is -0.494 e. The van der Waals surface area contributed by atoms with Crippen LogP contribution in [0.1, 0.15) is 34.6 Å². The van der Waals surface area contributed by atoms with E-state index >= 15 is 0 Å². The molecule has 0 radical (unpaired) electrons. The van der Waals surface area contributed by atoms with Gasteiger partial charge in [-0.25, -0.2) is 8.78 Å². The number of amides is 1. The van der Waals surface area contributed by atoms with Crippen molar-refractivity contribution >= 4 is 5.91 Å². The summed E-state index contributed by atoms with van der Waals surface area (Å²) in [5.74, 6) is -6.95. The molecule has 0 bridgehead atoms. The van der Waals surface area contributed by atoms with E-state index in [1.165, 1.54) is 44.4 Å². The summed E-state index contributed by atoms with van der Waals surface area (Å²) in [5.41, 5.74) is -2.55. The highest BCUT2D eigenvalue weighted by molar-refractivity contribution is 5.92. The zero-order valence-electron chi connectivity index (χ0n) is 17.5. The molecule has 0 spiro atoms. The summed E-state index contributed by atoms with van der Waals surface area (Å²) in [7, 11) is 1.24. The van der Waals surface area contributed by atoms with Gasteiger partial charge in [0.25, 0.3) is 17.4 Å². The molecule has 1 atom stereocenters. The van der Waals surface area contributed by atoms with Crippen LogP contribution in [0.5, 0.6) is 5.75 Å². The summed E-state index contributed by atoms with van der Waals surface area (Å²) < 4.78 is 62.3. The van der Waals surface area contributed by atoms with Gasteiger partial charge in [-0.2, -0.15) is 18.6 Å². The Morgan fingerprint density at radius 1 is 1.15 bits per heavy atom. The fraction of sp³-hybridized carbons (Fsp3) is 0.227. The van der Waals surface area contributed by atoms with Crippen LogP contribution < -0.4 is 15.6 Å². The zero-order chi connectivity index (χ0) is 24.3. The summed E-state index contributed by atoms with van der Waals surface area (Å²) in [6.45, 7) is -0.227. The number of nitrogens with zero attached hydrogens (tertiary/aromatic N) is 2. The number of nitrogens with one attached hydrogen (secondary N) is 1. The largest absolute Gasteiger partial charge is 0.494 e. The van der Waals surface area contributed by atoms with Gasteiger partial charge in [0, 0.05) is 11.6 Å². The first-order valence-electron chi connectivity index (χ1n) is 9.62. The van der Waals surface area contributed by atoms with Gasteiger partial charge in [0.1, 0.15) is 23.8 Å². The van der Waals surface area contributed by atoms with Crippen LogP contribution in [0, 0.1) is 11.6 Å². The monoisotopic (exact) mass is 465 g/mol. The number of hydrogen-bond acceptors (Lipinski definition) is 5. The normalized spacial score (nSPS) is 12.3. The molecule has 0 aliphatic carbocycles. The highest BCUT2D eigenvalue weighted by atomic mass is 19.3. The number of methoxy groups -OCH3 is 1. The Labute approximate surface area is 185 Å². The van der Waals surface area contributed by atoms with E-state index in [9.17, 15) is 27.2 Å². The van der Waals surface area contributed by atoms with Gasteiger partial charge in [-0.05, 0) is 31.2 Å². The van der Waals surface area contributed by atoms with Crippen LogP contribution in [0.3, 0.4) is 0 Å². The van der Waals surface area contributed by atoms with Gasteiger partial charge < -0.3 is 15.2 Å². The average Bonchev–Trinajstić information content (AvgIpc) is 2.79. The van der Waals surface area contributed by atoms with Gasteiger partial charge in [0.15, 0.2) is 11.6 Å². The number of ether oxygens (including phenoxy) is 1. The van der Waals surface area contributed by atoms with E-state index in [0.717, 1.165) is 18.2 Å². The number of halogens is 4. The molecule has 1 heterocycles. The molecule has 11 heteroatoms. The van der Waals surface area contributed by atoms with E-state index in [0.29, 0.717) is 4.68 Å². The number of hydrogen-bond donors (Lipinski definition) is 2. The standard InChI is InChI=1S/C22H19F4N3O4/c1-12(13-5-3-6-14(19(13)23)22(25,26)11-30)27-21(32)15-9-10-18(31)29(28-15)16-7-4-8-17(33-2)20(16)24/h3-10,12,30H,11H2,1-2H3,(H,27,32)/t12-/m1/s1. The Morgan fingerprint density at radius 2 is 1.85 bits per heavy atom. The number of carbonyl (C=O) groups is 1. The van der Waals surface area contributed by atoms with Crippen molar-refractivity contribution in [3.05, 3.63) is 87.3 Å². The number of carbonyl (C=O) groups excluding carboxylic acids is 1. The summed E-state index contributed by atoms with van der Waals surface area (Å²) in [6.07, 6.45) is 0. The molecule has 2 aromatic carbocycles. The lowest BCUT2D eigenvalue weighted by molar-refractivity contribution is -0.0584. The third kappa shape index (κ3) is 4.72. The number of rotatable bonds is 7. The number of benzene rings is 2. The molecule has 1 amide bonds. The van der Waals surface area contributed by atoms with Crippen LogP contribution in [0.2, 0.25) is 0 Å². The van der Waals surface area contributed by atoms with Crippen LogP contribution in [-0.2, 0) is 5.92 Å². The van der Waals surface area contributed by atoms with Crippen molar-refractivity contribution in [3.63, 3.8) is 0 Å². The molecule has 7 nitrogen and oxygen atoms in total. The number of aliphatic hydroxyl groups is 1. The first kappa shape index (κ1) is 23.9. The zero-order valence-corrected chi connectivity index (χ0v) is 17.5. The predicted molar refractivity (Wildman–Crippen MR) is 110 cm³/mol. The van der Waals surface area contributed by atoms with E-state index in [-0.39, 0.29) is 22.7 Å². The Morgan fingerprint density at radius 3 is 2.52 bits per heavy atom. The van der Waals surface area contributed by atoms with Crippen LogP contribution >= 0.6 is 0 Å². The van der Waals surface area contributed by atoms with E-state index in [2.05, 4.69) is 10.4 Å². The van der Waals surface area contributed by atoms with E-state index in [1.807, 2.05) is 0 Å². The Hall–Kier alpha value is -3.73. The van der Waals surface area contributed by atoms with Crippen molar-refractivity contribution in [2.24, 2.45) is 0 Å². The summed E-state index contributed by atoms with van der Waals surface area (Å²) in [6, 6.07) is 8.25. The van der Waals surface area contributed by atoms with Gasteiger partial charge in [0.2, 0.25) is 0 Å². The highest BCUT2D eigenvalue weighted by Gasteiger charge is 2.35. The molecule has 0 saturated heterocycles. The maximum absolute atomic E-state index is 14.7. The third-order valence-electron chi connectivity index (χ3n) is 4.86. The molecule has 33 heavy (non-hydrogen) atoms. The topological polar surface area (TPSA) is 93.5 Å². The van der Waals surface area contributed by atoms with Gasteiger partial charge in [-0.3, -0.25) is 9.59 Å². The summed E-state index contributed by atoms with van der Waals surface area (Å²) in [4.78, 5) is 24.9. The first-order chi connectivity index (χ1) is 15.6. The Bertz CT molecular complexity index is 1250. The van der Waals surface area contributed by atoms with Crippen molar-refractivity contribution in [2.75, 3.05) is 13.7 Å². The summed E-state index contributed by atoms with van der Waals surface area (Å²) >= 11 is 0. The Balaban J connectivity index is 1.92. The van der Waals surface area contributed by atoms with E-state index in [1.54, 1.807) is 0 Å². The van der Waals surface area contributed by atoms with Crippen LogP contribution in [-0.4, -0.2) is 34.5 Å². The van der Waals surface area contributed by atoms with Crippen molar-refractivity contribution in [3.8, 4) is 11.4 Å². The average molecular weight is 465 g/mol. The van der Waals surface area contributed by atoms with Crippen molar-refractivity contribution in [1.82, 2.24) is 15.1 Å². The van der Waals surface area contributed by atoms with Crippen molar-refractivity contribution in [2.45, 2.75) is 18.9 Å². The van der Waals surface area contributed by atoms with Crippen molar-refractivity contribution < 1.29 is 32.2 Å². The third-order valence-corrected chi connectivity index (χ3v) is 4.86.